The van der Waals surface area contributed by atoms with Gasteiger partial charge in [0.2, 0.25) is 5.91 Å². The third kappa shape index (κ3) is 4.02. The molecule has 0 aliphatic heterocycles. The van der Waals surface area contributed by atoms with Crippen LogP contribution in [0.15, 0.2) is 12.1 Å². The van der Waals surface area contributed by atoms with Crippen LogP contribution in [-0.2, 0) is 4.79 Å². The molecule has 0 bridgehead atoms. The maximum absolute atomic E-state index is 12.2. The Morgan fingerprint density at radius 2 is 1.86 bits per heavy atom. The number of ether oxygens (including phenoxy) is 2. The first-order chi connectivity index (χ1) is 9.55. The lowest BCUT2D eigenvalue weighted by Crippen LogP contribution is -2.23. The summed E-state index contributed by atoms with van der Waals surface area (Å²) in [7, 11) is 3.17. The Morgan fingerprint density at radius 3 is 2.38 bits per heavy atom. The second-order valence-corrected chi connectivity index (χ2v) is 5.28. The molecule has 1 aliphatic rings. The Labute approximate surface area is 131 Å². The molecule has 1 aliphatic carbocycles. The molecule has 6 heteroatoms. The summed E-state index contributed by atoms with van der Waals surface area (Å²) < 4.78 is 10.5. The number of rotatable bonds is 4. The van der Waals surface area contributed by atoms with Crippen LogP contribution in [0.3, 0.4) is 0 Å². The van der Waals surface area contributed by atoms with Crippen LogP contribution in [0.25, 0.3) is 0 Å². The molecule has 118 valence electrons. The van der Waals surface area contributed by atoms with Crippen LogP contribution in [-0.4, -0.2) is 26.2 Å². The lowest BCUT2D eigenvalue weighted by atomic mass is 10.1. The highest BCUT2D eigenvalue weighted by Crippen LogP contribution is 2.34. The van der Waals surface area contributed by atoms with Crippen molar-refractivity contribution in [1.82, 2.24) is 0 Å². The predicted octanol–water partition coefficient (Wildman–Crippen LogP) is 2.50. The average molecular weight is 315 g/mol. The van der Waals surface area contributed by atoms with E-state index in [4.69, 9.17) is 15.2 Å². The molecule has 2 unspecified atom stereocenters. The molecule has 3 N–H and O–H groups in total. The SMILES string of the molecule is COc1cc(C)c(NC(=O)C2CCC(N)C2)cc1OC.Cl. The number of carbonyl (C=O) groups excluding carboxylic acids is 1. The molecule has 1 aromatic rings. The van der Waals surface area contributed by atoms with E-state index in [1.807, 2.05) is 13.0 Å². The summed E-state index contributed by atoms with van der Waals surface area (Å²) in [5.74, 6) is 1.31. The van der Waals surface area contributed by atoms with E-state index in [1.165, 1.54) is 0 Å². The van der Waals surface area contributed by atoms with Crippen LogP contribution >= 0.6 is 12.4 Å². The van der Waals surface area contributed by atoms with Gasteiger partial charge >= 0.3 is 0 Å². The number of halogens is 1. The number of nitrogens with one attached hydrogen (secondary N) is 1. The Bertz CT molecular complexity index is 508. The minimum Gasteiger partial charge on any atom is -0.493 e. The van der Waals surface area contributed by atoms with Crippen molar-refractivity contribution >= 4 is 24.0 Å². The van der Waals surface area contributed by atoms with E-state index in [0.717, 1.165) is 30.5 Å². The van der Waals surface area contributed by atoms with Gasteiger partial charge < -0.3 is 20.5 Å². The first kappa shape index (κ1) is 17.6. The summed E-state index contributed by atoms with van der Waals surface area (Å²) in [6, 6.07) is 3.80. The number of amides is 1. The number of benzene rings is 1. The second-order valence-electron chi connectivity index (χ2n) is 5.28. The number of hydrogen-bond acceptors (Lipinski definition) is 4. The number of methoxy groups -OCH3 is 2. The third-order valence-corrected chi connectivity index (χ3v) is 3.83. The highest BCUT2D eigenvalue weighted by atomic mass is 35.5. The van der Waals surface area contributed by atoms with Crippen LogP contribution in [0.4, 0.5) is 5.69 Å². The average Bonchev–Trinajstić information content (AvgIpc) is 2.87. The summed E-state index contributed by atoms with van der Waals surface area (Å²) >= 11 is 0. The van der Waals surface area contributed by atoms with Crippen molar-refractivity contribution in [2.75, 3.05) is 19.5 Å². The fourth-order valence-electron chi connectivity index (χ4n) is 2.60. The molecule has 1 aromatic carbocycles. The van der Waals surface area contributed by atoms with Gasteiger partial charge in [-0.3, -0.25) is 4.79 Å². The molecule has 1 saturated carbocycles. The Balaban J connectivity index is 0.00000220. The van der Waals surface area contributed by atoms with Crippen LogP contribution < -0.4 is 20.5 Å². The fourth-order valence-corrected chi connectivity index (χ4v) is 2.60. The minimum atomic E-state index is 0. The standard InChI is InChI=1S/C15H22N2O3.ClH/c1-9-6-13(19-2)14(20-3)8-12(9)17-15(18)10-4-5-11(16)7-10;/h6,8,10-11H,4-5,7,16H2,1-3H3,(H,17,18);1H. The van der Waals surface area contributed by atoms with Gasteiger partial charge in [0, 0.05) is 23.7 Å². The van der Waals surface area contributed by atoms with E-state index >= 15 is 0 Å². The van der Waals surface area contributed by atoms with Gasteiger partial charge in [0.1, 0.15) is 0 Å². The van der Waals surface area contributed by atoms with Gasteiger partial charge in [-0.1, -0.05) is 0 Å². The van der Waals surface area contributed by atoms with Gasteiger partial charge in [0.25, 0.3) is 0 Å². The van der Waals surface area contributed by atoms with E-state index in [-0.39, 0.29) is 30.3 Å². The smallest absolute Gasteiger partial charge is 0.227 e. The maximum atomic E-state index is 12.2. The summed E-state index contributed by atoms with van der Waals surface area (Å²) in [5.41, 5.74) is 7.55. The summed E-state index contributed by atoms with van der Waals surface area (Å²) in [4.78, 5) is 12.2. The largest absolute Gasteiger partial charge is 0.493 e. The summed E-state index contributed by atoms with van der Waals surface area (Å²) in [6.45, 7) is 1.93. The lowest BCUT2D eigenvalue weighted by molar-refractivity contribution is -0.119. The Hall–Kier alpha value is -1.46. The van der Waals surface area contributed by atoms with Crippen molar-refractivity contribution < 1.29 is 14.3 Å². The second kappa shape index (κ2) is 7.52. The zero-order valence-electron chi connectivity index (χ0n) is 12.6. The fraction of sp³-hybridized carbons (Fsp3) is 0.533. The first-order valence-electron chi connectivity index (χ1n) is 6.84. The first-order valence-corrected chi connectivity index (χ1v) is 6.84. The summed E-state index contributed by atoms with van der Waals surface area (Å²) in [5, 5.41) is 2.97. The van der Waals surface area contributed by atoms with Gasteiger partial charge in [-0.2, -0.15) is 0 Å². The topological polar surface area (TPSA) is 73.6 Å². The van der Waals surface area contributed by atoms with Crippen molar-refractivity contribution in [2.24, 2.45) is 11.7 Å². The third-order valence-electron chi connectivity index (χ3n) is 3.83. The van der Waals surface area contributed by atoms with Crippen LogP contribution in [0, 0.1) is 12.8 Å². The molecule has 0 radical (unpaired) electrons. The van der Waals surface area contributed by atoms with E-state index in [2.05, 4.69) is 5.32 Å². The van der Waals surface area contributed by atoms with Gasteiger partial charge in [-0.25, -0.2) is 0 Å². The summed E-state index contributed by atoms with van der Waals surface area (Å²) in [6.07, 6.45) is 2.54. The minimum absolute atomic E-state index is 0. The zero-order chi connectivity index (χ0) is 14.7. The van der Waals surface area contributed by atoms with E-state index in [1.54, 1.807) is 20.3 Å². The predicted molar refractivity (Wildman–Crippen MR) is 85.5 cm³/mol. The molecule has 1 amide bonds. The number of anilines is 1. The molecule has 0 aromatic heterocycles. The van der Waals surface area contributed by atoms with Crippen molar-refractivity contribution in [2.45, 2.75) is 32.2 Å². The van der Waals surface area contributed by atoms with Gasteiger partial charge in [-0.15, -0.1) is 12.4 Å². The zero-order valence-corrected chi connectivity index (χ0v) is 13.5. The van der Waals surface area contributed by atoms with Crippen molar-refractivity contribution in [3.63, 3.8) is 0 Å². The molecule has 2 rings (SSSR count). The number of hydrogen-bond donors (Lipinski definition) is 2. The molecule has 2 atom stereocenters. The number of nitrogens with two attached hydrogens (primary N) is 1. The molecule has 0 spiro atoms. The monoisotopic (exact) mass is 314 g/mol. The van der Waals surface area contributed by atoms with E-state index in [9.17, 15) is 4.79 Å². The number of carbonyl (C=O) groups is 1. The van der Waals surface area contributed by atoms with Crippen LogP contribution in [0.5, 0.6) is 11.5 Å². The highest BCUT2D eigenvalue weighted by molar-refractivity contribution is 5.93. The normalized spacial score (nSPS) is 20.6. The van der Waals surface area contributed by atoms with Crippen LogP contribution in [0.1, 0.15) is 24.8 Å². The van der Waals surface area contributed by atoms with Gasteiger partial charge in [-0.05, 0) is 37.8 Å². The quantitative estimate of drug-likeness (QED) is 0.895. The van der Waals surface area contributed by atoms with Crippen molar-refractivity contribution in [3.05, 3.63) is 17.7 Å². The highest BCUT2D eigenvalue weighted by Gasteiger charge is 2.28. The molecule has 5 nitrogen and oxygen atoms in total. The van der Waals surface area contributed by atoms with Gasteiger partial charge in [0.15, 0.2) is 11.5 Å². The van der Waals surface area contributed by atoms with E-state index < -0.39 is 0 Å². The molecule has 21 heavy (non-hydrogen) atoms. The maximum Gasteiger partial charge on any atom is 0.227 e. The molecular formula is C15H23ClN2O3. The Kier molecular flexibility index (Phi) is 6.30. The van der Waals surface area contributed by atoms with Crippen LogP contribution in [0.2, 0.25) is 0 Å². The van der Waals surface area contributed by atoms with E-state index in [0.29, 0.717) is 11.5 Å². The molecule has 0 saturated heterocycles. The van der Waals surface area contributed by atoms with Crippen molar-refractivity contribution in [3.8, 4) is 11.5 Å². The van der Waals surface area contributed by atoms with Crippen molar-refractivity contribution in [1.29, 1.82) is 0 Å². The molecule has 1 fully saturated rings. The molecular weight excluding hydrogens is 292 g/mol. The Morgan fingerprint density at radius 1 is 1.24 bits per heavy atom. The molecule has 0 heterocycles. The van der Waals surface area contributed by atoms with Gasteiger partial charge in [0.05, 0.1) is 14.2 Å². The number of aryl methyl sites for hydroxylation is 1. The lowest BCUT2D eigenvalue weighted by Gasteiger charge is -2.15.